The third kappa shape index (κ3) is 2.95. The van der Waals surface area contributed by atoms with Crippen molar-refractivity contribution in [3.05, 3.63) is 70.8 Å². The Labute approximate surface area is 138 Å². The van der Waals surface area contributed by atoms with Crippen LogP contribution in [-0.2, 0) is 0 Å². The lowest BCUT2D eigenvalue weighted by Crippen LogP contribution is -2.33. The molecule has 3 nitrogen and oxygen atoms in total. The van der Waals surface area contributed by atoms with Gasteiger partial charge in [0.2, 0.25) is 0 Å². The van der Waals surface area contributed by atoms with E-state index in [0.29, 0.717) is 6.54 Å². The number of benzene rings is 2. The number of halogens is 1. The molecule has 0 aliphatic rings. The van der Waals surface area contributed by atoms with Gasteiger partial charge in [0, 0.05) is 22.7 Å². The molecule has 0 bridgehead atoms. The molecule has 0 radical (unpaired) electrons. The Bertz CT molecular complexity index is 754. The Balaban J connectivity index is 2.13. The minimum Gasteiger partial charge on any atom is -0.389 e. The number of aromatic nitrogens is 1. The van der Waals surface area contributed by atoms with E-state index in [-0.39, 0.29) is 6.04 Å². The van der Waals surface area contributed by atoms with Crippen LogP contribution in [0.3, 0.4) is 0 Å². The molecule has 0 aliphatic heterocycles. The van der Waals surface area contributed by atoms with Crippen molar-refractivity contribution in [3.8, 4) is 0 Å². The molecule has 2 aromatic carbocycles. The van der Waals surface area contributed by atoms with E-state index < -0.39 is 6.10 Å². The van der Waals surface area contributed by atoms with Gasteiger partial charge in [0.05, 0.1) is 12.1 Å². The average Bonchev–Trinajstić information content (AvgIpc) is 2.92. The molecule has 22 heavy (non-hydrogen) atoms. The first-order valence-electron chi connectivity index (χ1n) is 7.34. The van der Waals surface area contributed by atoms with Gasteiger partial charge in [-0.15, -0.1) is 0 Å². The summed E-state index contributed by atoms with van der Waals surface area (Å²) in [6, 6.07) is 18.3. The summed E-state index contributed by atoms with van der Waals surface area (Å²) in [6.45, 7) is 0.535. The van der Waals surface area contributed by atoms with Gasteiger partial charge in [-0.1, -0.05) is 52.3 Å². The third-order valence-corrected chi connectivity index (χ3v) is 4.40. The molecule has 1 aromatic heterocycles. The molecular formula is C18H19BrN2O. The molecule has 1 heterocycles. The molecule has 3 rings (SSSR count). The lowest BCUT2D eigenvalue weighted by atomic mass is 10.0. The molecule has 2 N–H and O–H groups in total. The Kier molecular flexibility index (Phi) is 4.62. The highest BCUT2D eigenvalue weighted by molar-refractivity contribution is 9.10. The molecule has 0 aliphatic carbocycles. The number of rotatable bonds is 5. The monoisotopic (exact) mass is 358 g/mol. The zero-order chi connectivity index (χ0) is 15.5. The number of nitrogens with one attached hydrogen (secondary N) is 1. The van der Waals surface area contributed by atoms with E-state index >= 15 is 0 Å². The molecular weight excluding hydrogens is 340 g/mol. The fourth-order valence-electron chi connectivity index (χ4n) is 2.90. The highest BCUT2D eigenvalue weighted by atomic mass is 79.9. The van der Waals surface area contributed by atoms with Crippen molar-refractivity contribution in [3.63, 3.8) is 0 Å². The number of likely N-dealkylation sites (N-methyl/N-ethyl adjacent to an activating group) is 1. The summed E-state index contributed by atoms with van der Waals surface area (Å²) in [6.07, 6.45) is 1.54. The van der Waals surface area contributed by atoms with E-state index in [0.717, 1.165) is 15.6 Å². The van der Waals surface area contributed by atoms with Crippen molar-refractivity contribution in [2.75, 3.05) is 13.6 Å². The van der Waals surface area contributed by atoms with Crippen molar-refractivity contribution < 1.29 is 5.11 Å². The van der Waals surface area contributed by atoms with E-state index in [4.69, 9.17) is 0 Å². The van der Waals surface area contributed by atoms with Crippen LogP contribution in [0.5, 0.6) is 0 Å². The van der Waals surface area contributed by atoms with Crippen molar-refractivity contribution >= 4 is 26.8 Å². The summed E-state index contributed by atoms with van der Waals surface area (Å²) in [5.74, 6) is 0. The Morgan fingerprint density at radius 2 is 1.91 bits per heavy atom. The van der Waals surface area contributed by atoms with Crippen molar-refractivity contribution in [2.24, 2.45) is 0 Å². The van der Waals surface area contributed by atoms with Crippen LogP contribution in [0.1, 0.15) is 11.6 Å². The second-order valence-corrected chi connectivity index (χ2v) is 6.32. The minimum atomic E-state index is -0.512. The number of aliphatic hydroxyl groups excluding tert-OH is 1. The van der Waals surface area contributed by atoms with E-state index in [2.05, 4.69) is 56.1 Å². The summed E-state index contributed by atoms with van der Waals surface area (Å²) in [5, 5.41) is 14.9. The normalized spacial score (nSPS) is 14.1. The van der Waals surface area contributed by atoms with Gasteiger partial charge in [-0.25, -0.2) is 0 Å². The predicted molar refractivity (Wildman–Crippen MR) is 94.2 cm³/mol. The lowest BCUT2D eigenvalue weighted by Gasteiger charge is -2.26. The maximum absolute atomic E-state index is 10.7. The third-order valence-electron chi connectivity index (χ3n) is 3.90. The summed E-state index contributed by atoms with van der Waals surface area (Å²) in [5.41, 5.74) is 2.21. The van der Waals surface area contributed by atoms with Crippen LogP contribution in [0.2, 0.25) is 0 Å². The minimum absolute atomic E-state index is 0.125. The smallest absolute Gasteiger partial charge is 0.0912 e. The average molecular weight is 359 g/mol. The lowest BCUT2D eigenvalue weighted by molar-refractivity contribution is 0.132. The van der Waals surface area contributed by atoms with Gasteiger partial charge in [-0.2, -0.15) is 0 Å². The van der Waals surface area contributed by atoms with E-state index in [9.17, 15) is 5.11 Å². The van der Waals surface area contributed by atoms with Gasteiger partial charge >= 0.3 is 0 Å². The number of nitrogens with zero attached hydrogens (tertiary/aromatic N) is 1. The fourth-order valence-corrected chi connectivity index (χ4v) is 3.25. The van der Waals surface area contributed by atoms with E-state index in [1.165, 1.54) is 5.39 Å². The maximum atomic E-state index is 10.7. The van der Waals surface area contributed by atoms with Crippen molar-refractivity contribution in [2.45, 2.75) is 12.1 Å². The highest BCUT2D eigenvalue weighted by Gasteiger charge is 2.23. The van der Waals surface area contributed by atoms with Crippen molar-refractivity contribution in [1.82, 2.24) is 9.88 Å². The van der Waals surface area contributed by atoms with Gasteiger partial charge < -0.3 is 15.0 Å². The summed E-state index contributed by atoms with van der Waals surface area (Å²) >= 11 is 3.54. The van der Waals surface area contributed by atoms with Gasteiger partial charge in [0.25, 0.3) is 0 Å². The first-order chi connectivity index (χ1) is 10.7. The second kappa shape index (κ2) is 6.65. The SMILES string of the molecule is CNCC(O)C(c1ccccc1)n1ccc2ccc(Br)cc21. The van der Waals surface area contributed by atoms with Crippen LogP contribution in [0, 0.1) is 0 Å². The zero-order valence-electron chi connectivity index (χ0n) is 12.4. The number of hydrogen-bond donors (Lipinski definition) is 2. The highest BCUT2D eigenvalue weighted by Crippen LogP contribution is 2.29. The number of aliphatic hydroxyl groups is 1. The first-order valence-corrected chi connectivity index (χ1v) is 8.13. The fraction of sp³-hybridized carbons (Fsp3) is 0.222. The van der Waals surface area contributed by atoms with Crippen LogP contribution < -0.4 is 5.32 Å². The summed E-state index contributed by atoms with van der Waals surface area (Å²) in [4.78, 5) is 0. The van der Waals surface area contributed by atoms with Gasteiger partial charge in [0.15, 0.2) is 0 Å². The Morgan fingerprint density at radius 1 is 1.14 bits per heavy atom. The Morgan fingerprint density at radius 3 is 2.64 bits per heavy atom. The molecule has 0 fully saturated rings. The maximum Gasteiger partial charge on any atom is 0.0912 e. The second-order valence-electron chi connectivity index (χ2n) is 5.41. The molecule has 4 heteroatoms. The molecule has 0 saturated carbocycles. The summed E-state index contributed by atoms with van der Waals surface area (Å²) in [7, 11) is 1.86. The summed E-state index contributed by atoms with van der Waals surface area (Å²) < 4.78 is 3.19. The largest absolute Gasteiger partial charge is 0.389 e. The molecule has 2 atom stereocenters. The first kappa shape index (κ1) is 15.3. The zero-order valence-corrected chi connectivity index (χ0v) is 14.0. The number of hydrogen-bond acceptors (Lipinski definition) is 2. The molecule has 3 aromatic rings. The molecule has 0 spiro atoms. The van der Waals surface area contributed by atoms with Gasteiger partial charge in [-0.3, -0.25) is 0 Å². The van der Waals surface area contributed by atoms with Gasteiger partial charge in [-0.05, 0) is 36.2 Å². The van der Waals surface area contributed by atoms with Crippen molar-refractivity contribution in [1.29, 1.82) is 0 Å². The molecule has 114 valence electrons. The number of fused-ring (bicyclic) bond motifs is 1. The van der Waals surface area contributed by atoms with Crippen LogP contribution in [-0.4, -0.2) is 29.4 Å². The quantitative estimate of drug-likeness (QED) is 0.731. The van der Waals surface area contributed by atoms with E-state index in [1.807, 2.05) is 37.5 Å². The van der Waals surface area contributed by atoms with Crippen LogP contribution in [0.4, 0.5) is 0 Å². The molecule has 0 saturated heterocycles. The van der Waals surface area contributed by atoms with Crippen LogP contribution in [0.15, 0.2) is 65.3 Å². The van der Waals surface area contributed by atoms with Crippen LogP contribution >= 0.6 is 15.9 Å². The topological polar surface area (TPSA) is 37.2 Å². The molecule has 0 amide bonds. The predicted octanol–water partition coefficient (Wildman–Crippen LogP) is 3.57. The Hall–Kier alpha value is -1.62. The molecule has 2 unspecified atom stereocenters. The van der Waals surface area contributed by atoms with E-state index in [1.54, 1.807) is 0 Å². The van der Waals surface area contributed by atoms with Crippen LogP contribution in [0.25, 0.3) is 10.9 Å². The standard InChI is InChI=1S/C18H19BrN2O/c1-20-12-17(22)18(14-5-3-2-4-6-14)21-10-9-13-7-8-15(19)11-16(13)21/h2-11,17-18,20,22H,12H2,1H3. The van der Waals surface area contributed by atoms with Gasteiger partial charge in [0.1, 0.15) is 0 Å².